The zero-order valence-corrected chi connectivity index (χ0v) is 17.2. The average molecular weight is 430 g/mol. The van der Waals surface area contributed by atoms with Gasteiger partial charge in [-0.05, 0) is 49.6 Å². The molecule has 10 heteroatoms. The van der Waals surface area contributed by atoms with Crippen molar-refractivity contribution in [2.45, 2.75) is 37.2 Å². The highest BCUT2D eigenvalue weighted by Crippen LogP contribution is 2.28. The molecule has 1 aliphatic heterocycles. The molecule has 2 aromatic heterocycles. The summed E-state index contributed by atoms with van der Waals surface area (Å²) >= 11 is 0. The molecule has 1 aromatic carbocycles. The zero-order chi connectivity index (χ0) is 21.5. The number of hydrogen-bond donors (Lipinski definition) is 1. The first-order valence-electron chi connectivity index (χ1n) is 9.63. The Kier molecular flexibility index (Phi) is 5.20. The molecule has 1 aliphatic rings. The highest BCUT2D eigenvalue weighted by Gasteiger charge is 2.32. The SMILES string of the molecule is Cc1cccc(S(=O)(=O)N2CCC(n3c(=O)n(CC(=O)O)c4cccnc43)CC2)c1. The summed E-state index contributed by atoms with van der Waals surface area (Å²) in [5.41, 5.74) is 1.31. The summed E-state index contributed by atoms with van der Waals surface area (Å²) in [7, 11) is -3.61. The van der Waals surface area contributed by atoms with Crippen molar-refractivity contribution >= 4 is 27.2 Å². The van der Waals surface area contributed by atoms with Gasteiger partial charge in [0.1, 0.15) is 6.54 Å². The van der Waals surface area contributed by atoms with Crippen LogP contribution in [0, 0.1) is 6.92 Å². The number of imidazole rings is 1. The van der Waals surface area contributed by atoms with Gasteiger partial charge in [-0.1, -0.05) is 12.1 Å². The lowest BCUT2D eigenvalue weighted by atomic mass is 10.1. The van der Waals surface area contributed by atoms with Crippen molar-refractivity contribution in [3.8, 4) is 0 Å². The lowest BCUT2D eigenvalue weighted by Crippen LogP contribution is -2.41. The van der Waals surface area contributed by atoms with Gasteiger partial charge in [-0.25, -0.2) is 18.2 Å². The first kappa shape index (κ1) is 20.3. The number of carboxylic acids is 1. The minimum absolute atomic E-state index is 0.256. The molecule has 0 saturated carbocycles. The molecule has 0 unspecified atom stereocenters. The van der Waals surface area contributed by atoms with Crippen LogP contribution in [0.2, 0.25) is 0 Å². The van der Waals surface area contributed by atoms with Crippen LogP contribution in [-0.4, -0.2) is 51.0 Å². The van der Waals surface area contributed by atoms with E-state index in [0.717, 1.165) is 5.56 Å². The number of aryl methyl sites for hydroxylation is 1. The fourth-order valence-electron chi connectivity index (χ4n) is 3.99. The standard InChI is InChI=1S/C20H22N4O5S/c1-14-4-2-5-16(12-14)30(28,29)22-10-7-15(8-11-22)24-19-17(6-3-9-21-19)23(20(24)27)13-18(25)26/h2-6,9,12,15H,7-8,10-11,13H2,1H3,(H,25,26). The van der Waals surface area contributed by atoms with Crippen molar-refractivity contribution in [2.75, 3.05) is 13.1 Å². The van der Waals surface area contributed by atoms with Crippen molar-refractivity contribution in [1.29, 1.82) is 0 Å². The van der Waals surface area contributed by atoms with Gasteiger partial charge in [-0.15, -0.1) is 0 Å². The molecule has 1 fully saturated rings. The minimum atomic E-state index is -3.61. The van der Waals surface area contributed by atoms with Crippen LogP contribution in [0.1, 0.15) is 24.4 Å². The van der Waals surface area contributed by atoms with Crippen LogP contribution < -0.4 is 5.69 Å². The average Bonchev–Trinajstić information content (AvgIpc) is 2.99. The van der Waals surface area contributed by atoms with Crippen LogP contribution in [-0.2, 0) is 21.4 Å². The number of pyridine rings is 1. The van der Waals surface area contributed by atoms with E-state index in [1.807, 2.05) is 13.0 Å². The van der Waals surface area contributed by atoms with Gasteiger partial charge in [0, 0.05) is 25.3 Å². The minimum Gasteiger partial charge on any atom is -0.480 e. The summed E-state index contributed by atoms with van der Waals surface area (Å²) in [6.45, 7) is 1.93. The van der Waals surface area contributed by atoms with E-state index in [2.05, 4.69) is 4.98 Å². The Balaban J connectivity index is 1.62. The van der Waals surface area contributed by atoms with E-state index in [1.165, 1.54) is 13.4 Å². The fraction of sp³-hybridized carbons (Fsp3) is 0.350. The number of sulfonamides is 1. The quantitative estimate of drug-likeness (QED) is 0.658. The number of piperidine rings is 1. The molecule has 1 N–H and O–H groups in total. The smallest absolute Gasteiger partial charge is 0.331 e. The molecule has 0 bridgehead atoms. The summed E-state index contributed by atoms with van der Waals surface area (Å²) in [4.78, 5) is 28.7. The molecule has 158 valence electrons. The Morgan fingerprint density at radius 1 is 1.20 bits per heavy atom. The van der Waals surface area contributed by atoms with Gasteiger partial charge in [0.25, 0.3) is 0 Å². The normalized spacial score (nSPS) is 16.2. The highest BCUT2D eigenvalue weighted by atomic mass is 32.2. The predicted molar refractivity (Wildman–Crippen MR) is 110 cm³/mol. The van der Waals surface area contributed by atoms with Crippen LogP contribution in [0.15, 0.2) is 52.3 Å². The maximum Gasteiger partial charge on any atom is 0.331 e. The number of nitrogens with zero attached hydrogens (tertiary/aromatic N) is 4. The van der Waals surface area contributed by atoms with Crippen molar-refractivity contribution in [3.05, 3.63) is 58.6 Å². The topological polar surface area (TPSA) is 114 Å². The van der Waals surface area contributed by atoms with Gasteiger partial charge in [0.15, 0.2) is 5.65 Å². The third kappa shape index (κ3) is 3.52. The number of fused-ring (bicyclic) bond motifs is 1. The van der Waals surface area contributed by atoms with Crippen LogP contribution in [0.4, 0.5) is 0 Å². The number of benzene rings is 1. The lowest BCUT2D eigenvalue weighted by molar-refractivity contribution is -0.137. The van der Waals surface area contributed by atoms with Crippen molar-refractivity contribution in [3.63, 3.8) is 0 Å². The van der Waals surface area contributed by atoms with Gasteiger partial charge >= 0.3 is 11.7 Å². The Morgan fingerprint density at radius 3 is 2.60 bits per heavy atom. The molecular weight excluding hydrogens is 408 g/mol. The van der Waals surface area contributed by atoms with E-state index in [9.17, 15) is 18.0 Å². The molecule has 3 heterocycles. The number of aliphatic carboxylic acids is 1. The second-order valence-corrected chi connectivity index (χ2v) is 9.37. The van der Waals surface area contributed by atoms with Gasteiger partial charge in [0.2, 0.25) is 10.0 Å². The molecule has 0 spiro atoms. The molecule has 1 saturated heterocycles. The second kappa shape index (κ2) is 7.69. The third-order valence-corrected chi connectivity index (χ3v) is 7.33. The van der Waals surface area contributed by atoms with E-state index in [0.29, 0.717) is 24.0 Å². The number of carbonyl (C=O) groups is 1. The first-order valence-corrected chi connectivity index (χ1v) is 11.1. The zero-order valence-electron chi connectivity index (χ0n) is 16.4. The van der Waals surface area contributed by atoms with E-state index in [-0.39, 0.29) is 24.0 Å². The molecule has 0 amide bonds. The summed E-state index contributed by atoms with van der Waals surface area (Å²) < 4.78 is 30.1. The maximum absolute atomic E-state index is 13.0. The summed E-state index contributed by atoms with van der Waals surface area (Å²) in [5, 5.41) is 9.16. The Bertz CT molecular complexity index is 1270. The number of aromatic nitrogens is 3. The third-order valence-electron chi connectivity index (χ3n) is 5.43. The molecule has 0 radical (unpaired) electrons. The molecule has 3 aromatic rings. The Morgan fingerprint density at radius 2 is 1.93 bits per heavy atom. The lowest BCUT2D eigenvalue weighted by Gasteiger charge is -2.31. The van der Waals surface area contributed by atoms with Crippen LogP contribution in [0.5, 0.6) is 0 Å². The van der Waals surface area contributed by atoms with E-state index >= 15 is 0 Å². The van der Waals surface area contributed by atoms with Crippen molar-refractivity contribution < 1.29 is 18.3 Å². The van der Waals surface area contributed by atoms with Crippen LogP contribution in [0.25, 0.3) is 11.2 Å². The van der Waals surface area contributed by atoms with E-state index < -0.39 is 28.2 Å². The van der Waals surface area contributed by atoms with Gasteiger partial charge < -0.3 is 5.11 Å². The monoisotopic (exact) mass is 430 g/mol. The van der Waals surface area contributed by atoms with Crippen molar-refractivity contribution in [1.82, 2.24) is 18.4 Å². The van der Waals surface area contributed by atoms with Crippen LogP contribution in [0.3, 0.4) is 0 Å². The first-order chi connectivity index (χ1) is 14.3. The largest absolute Gasteiger partial charge is 0.480 e. The second-order valence-electron chi connectivity index (χ2n) is 7.43. The summed E-state index contributed by atoms with van der Waals surface area (Å²) in [5.74, 6) is -1.11. The van der Waals surface area contributed by atoms with Gasteiger partial charge in [-0.2, -0.15) is 4.31 Å². The number of rotatable bonds is 5. The van der Waals surface area contributed by atoms with Crippen molar-refractivity contribution in [2.24, 2.45) is 0 Å². The van der Waals surface area contributed by atoms with Crippen LogP contribution >= 0.6 is 0 Å². The van der Waals surface area contributed by atoms with E-state index in [1.54, 1.807) is 36.5 Å². The molecule has 0 aliphatic carbocycles. The summed E-state index contributed by atoms with van der Waals surface area (Å²) in [6, 6.07) is 9.86. The summed E-state index contributed by atoms with van der Waals surface area (Å²) in [6.07, 6.45) is 2.43. The number of hydrogen-bond acceptors (Lipinski definition) is 5. The predicted octanol–water partition coefficient (Wildman–Crippen LogP) is 1.62. The highest BCUT2D eigenvalue weighted by molar-refractivity contribution is 7.89. The molecule has 9 nitrogen and oxygen atoms in total. The molecular formula is C20H22N4O5S. The maximum atomic E-state index is 13.0. The van der Waals surface area contributed by atoms with Gasteiger partial charge in [-0.3, -0.25) is 13.9 Å². The molecule has 0 atom stereocenters. The van der Waals surface area contributed by atoms with Gasteiger partial charge in [0.05, 0.1) is 10.4 Å². The Hall–Kier alpha value is -2.98. The molecule has 4 rings (SSSR count). The van der Waals surface area contributed by atoms with E-state index in [4.69, 9.17) is 5.11 Å². The molecule has 30 heavy (non-hydrogen) atoms. The Labute approximate surface area is 173 Å². The number of carboxylic acid groups (broad SMARTS) is 1. The fourth-order valence-corrected chi connectivity index (χ4v) is 5.57.